The number of methoxy groups -OCH3 is 1. The minimum Gasteiger partial charge on any atom is -0.396 e. The average Bonchev–Trinajstić information content (AvgIpc) is 3.17. The summed E-state index contributed by atoms with van der Waals surface area (Å²) >= 11 is 13.6. The number of hydrogen-bond acceptors (Lipinski definition) is 11. The summed E-state index contributed by atoms with van der Waals surface area (Å²) in [5.74, 6) is 6.24. The van der Waals surface area contributed by atoms with Crippen LogP contribution in [0.25, 0.3) is 5.70 Å². The van der Waals surface area contributed by atoms with Gasteiger partial charge in [0.15, 0.2) is 6.23 Å². The summed E-state index contributed by atoms with van der Waals surface area (Å²) in [6, 6.07) is 5.29. The maximum Gasteiger partial charge on any atom is 0.151 e. The van der Waals surface area contributed by atoms with Crippen molar-refractivity contribution in [2.45, 2.75) is 29.6 Å². The van der Waals surface area contributed by atoms with Crippen LogP contribution in [-0.4, -0.2) is 65.1 Å². The van der Waals surface area contributed by atoms with E-state index >= 15 is 0 Å². The van der Waals surface area contributed by atoms with Gasteiger partial charge in [-0.25, -0.2) is 15.8 Å². The van der Waals surface area contributed by atoms with Crippen LogP contribution in [0.15, 0.2) is 41.7 Å². The summed E-state index contributed by atoms with van der Waals surface area (Å²) < 4.78 is 12.0. The van der Waals surface area contributed by atoms with Crippen LogP contribution in [-0.2, 0) is 14.4 Å². The first kappa shape index (κ1) is 25.9. The summed E-state index contributed by atoms with van der Waals surface area (Å²) in [6.45, 7) is 2.57. The fourth-order valence-electron chi connectivity index (χ4n) is 2.95. The number of nitrogens with two attached hydrogens (primary N) is 2. The molecule has 0 spiro atoms. The Morgan fingerprint density at radius 2 is 2.24 bits per heavy atom. The van der Waals surface area contributed by atoms with E-state index in [0.29, 0.717) is 33.7 Å². The predicted molar refractivity (Wildman–Crippen MR) is 128 cm³/mol. The number of thioether (sulfide) groups is 1. The predicted octanol–water partition coefficient (Wildman–Crippen LogP) is 2.38. The normalized spacial score (nSPS) is 19.0. The molecule has 0 aromatic carbocycles. The molecule has 1 aliphatic heterocycles. The van der Waals surface area contributed by atoms with Gasteiger partial charge in [-0.05, 0) is 25.1 Å². The zero-order valence-electron chi connectivity index (χ0n) is 18.4. The SMILES string of the molecule is COC(CN(N)/C=C(\N)c1ccc(Cl)c(C)n1)C(OC1CNON1C)Sc1cncc(Cl)c1. The van der Waals surface area contributed by atoms with Crippen molar-refractivity contribution in [2.75, 3.05) is 27.2 Å². The molecule has 0 bridgehead atoms. The highest BCUT2D eigenvalue weighted by molar-refractivity contribution is 7.99. The Morgan fingerprint density at radius 1 is 1.45 bits per heavy atom. The van der Waals surface area contributed by atoms with Gasteiger partial charge in [-0.1, -0.05) is 35.0 Å². The van der Waals surface area contributed by atoms with E-state index in [4.69, 9.17) is 49.2 Å². The Bertz CT molecular complexity index is 971. The van der Waals surface area contributed by atoms with E-state index in [2.05, 4.69) is 15.4 Å². The minimum atomic E-state index is -0.470. The molecule has 0 amide bonds. The second-order valence-corrected chi connectivity index (χ2v) is 9.24. The van der Waals surface area contributed by atoms with Crippen molar-refractivity contribution < 1.29 is 14.4 Å². The first-order valence-corrected chi connectivity index (χ1v) is 11.6. The maximum atomic E-state index is 6.28. The molecule has 10 nitrogen and oxygen atoms in total. The number of hydrogen-bond donors (Lipinski definition) is 3. The molecule has 1 saturated heterocycles. The molecular formula is C20H27Cl2N7O3S. The van der Waals surface area contributed by atoms with Crippen molar-refractivity contribution in [1.82, 2.24) is 25.5 Å². The molecule has 0 aliphatic carbocycles. The van der Waals surface area contributed by atoms with Crippen LogP contribution >= 0.6 is 35.0 Å². The number of likely N-dealkylation sites (N-methyl/N-ethyl adjacent to an activating group) is 1. The lowest BCUT2D eigenvalue weighted by atomic mass is 10.2. The molecule has 2 aromatic heterocycles. The molecular weight excluding hydrogens is 489 g/mol. The number of hydroxylamine groups is 3. The van der Waals surface area contributed by atoms with E-state index in [1.165, 1.54) is 16.8 Å². The number of halogens is 2. The number of rotatable bonds is 10. The largest absolute Gasteiger partial charge is 0.396 e. The third kappa shape index (κ3) is 7.41. The van der Waals surface area contributed by atoms with E-state index in [1.807, 2.05) is 13.0 Å². The standard InChI is InChI=1S/C20H27Cl2N7O3S/c1-12-15(22)4-5-17(27-12)16(23)10-29(24)11-18(30-3)20(31-19-9-26-32-28(19)2)33-14-6-13(21)7-25-8-14/h4-8,10,18-20,26H,9,11,23-24H2,1-3H3/b16-10-. The third-order valence-electron chi connectivity index (χ3n) is 4.71. The lowest BCUT2D eigenvalue weighted by Gasteiger charge is -2.31. The molecule has 0 saturated carbocycles. The van der Waals surface area contributed by atoms with Crippen molar-refractivity contribution in [1.29, 1.82) is 0 Å². The van der Waals surface area contributed by atoms with Crippen LogP contribution in [0.3, 0.4) is 0 Å². The summed E-state index contributed by atoms with van der Waals surface area (Å²) in [7, 11) is 3.37. The molecule has 5 N–H and O–H groups in total. The van der Waals surface area contributed by atoms with Gasteiger partial charge in [0.1, 0.15) is 11.5 Å². The monoisotopic (exact) mass is 515 g/mol. The van der Waals surface area contributed by atoms with Crippen LogP contribution < -0.4 is 17.1 Å². The van der Waals surface area contributed by atoms with Crippen LogP contribution in [0.1, 0.15) is 11.4 Å². The Morgan fingerprint density at radius 3 is 2.88 bits per heavy atom. The fourth-order valence-corrected chi connectivity index (χ4v) is 4.41. The average molecular weight is 516 g/mol. The number of aryl methyl sites for hydroxylation is 1. The lowest BCUT2D eigenvalue weighted by molar-refractivity contribution is -0.214. The number of nitrogens with one attached hydrogen (secondary N) is 1. The van der Waals surface area contributed by atoms with E-state index in [1.54, 1.807) is 49.9 Å². The van der Waals surface area contributed by atoms with Gasteiger partial charge in [-0.15, -0.1) is 5.06 Å². The van der Waals surface area contributed by atoms with Gasteiger partial charge in [0.25, 0.3) is 0 Å². The van der Waals surface area contributed by atoms with Crippen LogP contribution in [0.2, 0.25) is 10.0 Å². The Kier molecular flexibility index (Phi) is 9.56. The second kappa shape index (κ2) is 12.2. The molecule has 2 aromatic rings. The first-order chi connectivity index (χ1) is 15.8. The highest BCUT2D eigenvalue weighted by Gasteiger charge is 2.32. The fraction of sp³-hybridized carbons (Fsp3) is 0.400. The molecule has 3 unspecified atom stereocenters. The topological polar surface area (TPSA) is 124 Å². The first-order valence-electron chi connectivity index (χ1n) is 9.97. The van der Waals surface area contributed by atoms with Crippen LogP contribution in [0.4, 0.5) is 0 Å². The molecule has 33 heavy (non-hydrogen) atoms. The second-order valence-electron chi connectivity index (χ2n) is 7.22. The third-order valence-corrected chi connectivity index (χ3v) is 6.46. The molecule has 180 valence electrons. The maximum absolute atomic E-state index is 6.28. The number of ether oxygens (including phenoxy) is 2. The smallest absolute Gasteiger partial charge is 0.151 e. The number of pyridine rings is 2. The van der Waals surface area contributed by atoms with E-state index < -0.39 is 11.5 Å². The minimum absolute atomic E-state index is 0.278. The van der Waals surface area contributed by atoms with E-state index in [0.717, 1.165) is 4.90 Å². The van der Waals surface area contributed by atoms with Crippen LogP contribution in [0, 0.1) is 6.92 Å². The van der Waals surface area contributed by atoms with Gasteiger partial charge in [0.2, 0.25) is 0 Å². The molecule has 3 atom stereocenters. The summed E-state index contributed by atoms with van der Waals surface area (Å²) in [4.78, 5) is 14.6. The van der Waals surface area contributed by atoms with Gasteiger partial charge < -0.3 is 20.2 Å². The zero-order chi connectivity index (χ0) is 24.0. The summed E-state index contributed by atoms with van der Waals surface area (Å²) in [6.07, 6.45) is 4.09. The zero-order valence-corrected chi connectivity index (χ0v) is 20.8. The van der Waals surface area contributed by atoms with E-state index in [-0.39, 0.29) is 12.8 Å². The molecule has 1 aliphatic rings. The van der Waals surface area contributed by atoms with Gasteiger partial charge in [0.05, 0.1) is 40.2 Å². The summed E-state index contributed by atoms with van der Waals surface area (Å²) in [5, 5.41) is 4.12. The van der Waals surface area contributed by atoms with Crippen molar-refractivity contribution in [3.8, 4) is 0 Å². The van der Waals surface area contributed by atoms with Gasteiger partial charge in [-0.2, -0.15) is 5.48 Å². The van der Waals surface area contributed by atoms with Crippen molar-refractivity contribution in [3.05, 3.63) is 58.2 Å². The molecule has 0 radical (unpaired) electrons. The number of aromatic nitrogens is 2. The number of hydrazine groups is 1. The Balaban J connectivity index is 1.75. The quantitative estimate of drug-likeness (QED) is 0.187. The van der Waals surface area contributed by atoms with Gasteiger partial charge >= 0.3 is 0 Å². The Labute approximate surface area is 207 Å². The van der Waals surface area contributed by atoms with Crippen molar-refractivity contribution in [3.63, 3.8) is 0 Å². The Hall–Kier alpha value is -1.67. The van der Waals surface area contributed by atoms with E-state index in [9.17, 15) is 0 Å². The van der Waals surface area contributed by atoms with Gasteiger partial charge in [0, 0.05) is 37.6 Å². The molecule has 13 heteroatoms. The highest BCUT2D eigenvalue weighted by atomic mass is 35.5. The molecule has 1 fully saturated rings. The highest BCUT2D eigenvalue weighted by Crippen LogP contribution is 2.30. The molecule has 3 rings (SSSR count). The lowest BCUT2D eigenvalue weighted by Crippen LogP contribution is -2.44. The molecule has 3 heterocycles. The van der Waals surface area contributed by atoms with Crippen molar-refractivity contribution in [2.24, 2.45) is 11.6 Å². The summed E-state index contributed by atoms with van der Waals surface area (Å²) in [5.41, 5.74) is 10.2. The van der Waals surface area contributed by atoms with Gasteiger partial charge in [-0.3, -0.25) is 4.98 Å². The van der Waals surface area contributed by atoms with Crippen LogP contribution in [0.5, 0.6) is 0 Å². The van der Waals surface area contributed by atoms with Crippen molar-refractivity contribution >= 4 is 40.7 Å². The number of nitrogens with zero attached hydrogens (tertiary/aromatic N) is 4.